The molecule has 0 fully saturated rings. The molecule has 0 aliphatic rings. The molecule has 0 unspecified atom stereocenters. The van der Waals surface area contributed by atoms with E-state index < -0.39 is 0 Å². The highest BCUT2D eigenvalue weighted by molar-refractivity contribution is 6.51. The fraction of sp³-hybridized carbons (Fsp3) is 0.800. The van der Waals surface area contributed by atoms with Gasteiger partial charge in [0, 0.05) is 5.60 Å². The van der Waals surface area contributed by atoms with Crippen LogP contribution in [-0.2, 0) is 4.65 Å². The van der Waals surface area contributed by atoms with E-state index in [1.165, 1.54) is 0 Å². The lowest BCUT2D eigenvalue weighted by Gasteiger charge is -2.28. The first-order valence-electron chi connectivity index (χ1n) is 4.84. The van der Waals surface area contributed by atoms with Gasteiger partial charge in [-0.3, -0.25) is 0 Å². The Hall–Kier alpha value is -0.235. The van der Waals surface area contributed by atoms with Gasteiger partial charge in [0.1, 0.15) is 0 Å². The number of rotatable bonds is 6. The van der Waals surface area contributed by atoms with Gasteiger partial charge in [-0.25, -0.2) is 0 Å². The summed E-state index contributed by atoms with van der Waals surface area (Å²) in [6.45, 7) is 12.7. The Balaban J connectivity index is 3.92. The zero-order valence-corrected chi connectivity index (χ0v) is 8.89. The van der Waals surface area contributed by atoms with Crippen LogP contribution in [0.15, 0.2) is 12.7 Å². The molecule has 0 rings (SSSR count). The van der Waals surface area contributed by atoms with Gasteiger partial charge in [-0.1, -0.05) is 32.6 Å². The molecule has 1 nitrogen and oxygen atoms in total. The van der Waals surface area contributed by atoms with Gasteiger partial charge in [-0.2, -0.15) is 0 Å². The standard InChI is InChI=1S/C10H21BO/c1-6-9-10(4,5)12-11(7-2)8-3/h6H,1,7-9H2,2-5H3. The lowest BCUT2D eigenvalue weighted by molar-refractivity contribution is 0.110. The average Bonchev–Trinajstić information content (AvgIpc) is 2.00. The first kappa shape index (κ1) is 11.8. The van der Waals surface area contributed by atoms with Crippen LogP contribution in [0.4, 0.5) is 0 Å². The van der Waals surface area contributed by atoms with Crippen molar-refractivity contribution in [2.24, 2.45) is 0 Å². The highest BCUT2D eigenvalue weighted by Crippen LogP contribution is 2.18. The van der Waals surface area contributed by atoms with E-state index >= 15 is 0 Å². The van der Waals surface area contributed by atoms with E-state index in [0.717, 1.165) is 19.1 Å². The molecular formula is C10H21BO. The molecule has 0 aromatic heterocycles. The Morgan fingerprint density at radius 2 is 1.83 bits per heavy atom. The lowest BCUT2D eigenvalue weighted by Crippen LogP contribution is -2.32. The zero-order chi connectivity index (χ0) is 9.61. The van der Waals surface area contributed by atoms with Gasteiger partial charge in [-0.15, -0.1) is 6.58 Å². The summed E-state index contributed by atoms with van der Waals surface area (Å²) in [5.41, 5.74) is -0.0432. The molecule has 0 aromatic carbocycles. The minimum atomic E-state index is -0.0432. The number of hydrogen-bond donors (Lipinski definition) is 0. The van der Waals surface area contributed by atoms with E-state index in [-0.39, 0.29) is 5.60 Å². The predicted molar refractivity (Wildman–Crippen MR) is 56.7 cm³/mol. The summed E-state index contributed by atoms with van der Waals surface area (Å²) >= 11 is 0. The topological polar surface area (TPSA) is 9.23 Å². The molecule has 0 aliphatic carbocycles. The SMILES string of the molecule is C=CCC(C)(C)OB(CC)CC. The average molecular weight is 168 g/mol. The molecule has 0 spiro atoms. The second-order valence-electron chi connectivity index (χ2n) is 3.81. The van der Waals surface area contributed by atoms with Crippen molar-refractivity contribution in [2.75, 3.05) is 0 Å². The maximum Gasteiger partial charge on any atom is 0.293 e. The quantitative estimate of drug-likeness (QED) is 0.436. The van der Waals surface area contributed by atoms with Crippen molar-refractivity contribution in [2.45, 2.75) is 52.4 Å². The van der Waals surface area contributed by atoms with Gasteiger partial charge in [0.25, 0.3) is 6.92 Å². The molecule has 0 atom stereocenters. The molecule has 0 N–H and O–H groups in total. The highest BCUT2D eigenvalue weighted by Gasteiger charge is 2.22. The molecule has 12 heavy (non-hydrogen) atoms. The van der Waals surface area contributed by atoms with Crippen molar-refractivity contribution >= 4 is 6.92 Å². The van der Waals surface area contributed by atoms with Crippen LogP contribution in [0, 0.1) is 0 Å². The Morgan fingerprint density at radius 3 is 2.17 bits per heavy atom. The van der Waals surface area contributed by atoms with E-state index in [4.69, 9.17) is 4.65 Å². The van der Waals surface area contributed by atoms with Gasteiger partial charge >= 0.3 is 0 Å². The summed E-state index contributed by atoms with van der Waals surface area (Å²) in [6, 6.07) is 0. The molecule has 0 saturated carbocycles. The van der Waals surface area contributed by atoms with Gasteiger partial charge in [0.15, 0.2) is 0 Å². The smallest absolute Gasteiger partial charge is 0.293 e. The van der Waals surface area contributed by atoms with Crippen LogP contribution >= 0.6 is 0 Å². The van der Waals surface area contributed by atoms with Crippen LogP contribution in [0.5, 0.6) is 0 Å². The van der Waals surface area contributed by atoms with Crippen molar-refractivity contribution in [1.82, 2.24) is 0 Å². The minimum absolute atomic E-state index is 0.0432. The Bertz CT molecular complexity index is 128. The lowest BCUT2D eigenvalue weighted by atomic mass is 9.62. The van der Waals surface area contributed by atoms with Crippen molar-refractivity contribution in [3.05, 3.63) is 12.7 Å². The van der Waals surface area contributed by atoms with E-state index in [0.29, 0.717) is 6.92 Å². The minimum Gasteiger partial charge on any atom is -0.431 e. The Kier molecular flexibility index (Phi) is 5.31. The predicted octanol–water partition coefficient (Wildman–Crippen LogP) is 3.39. The highest BCUT2D eigenvalue weighted by atomic mass is 16.5. The third-order valence-corrected chi connectivity index (χ3v) is 2.03. The van der Waals surface area contributed by atoms with Crippen LogP contribution in [0.2, 0.25) is 12.6 Å². The van der Waals surface area contributed by atoms with E-state index in [9.17, 15) is 0 Å². The van der Waals surface area contributed by atoms with Crippen molar-refractivity contribution in [3.8, 4) is 0 Å². The molecule has 0 heterocycles. The largest absolute Gasteiger partial charge is 0.431 e. The summed E-state index contributed by atoms with van der Waals surface area (Å²) in [5.74, 6) is 0. The summed E-state index contributed by atoms with van der Waals surface area (Å²) < 4.78 is 5.91. The van der Waals surface area contributed by atoms with Crippen molar-refractivity contribution in [3.63, 3.8) is 0 Å². The molecule has 70 valence electrons. The summed E-state index contributed by atoms with van der Waals surface area (Å²) in [6.07, 6.45) is 5.03. The molecule has 0 amide bonds. The molecule has 0 aromatic rings. The van der Waals surface area contributed by atoms with Gasteiger partial charge < -0.3 is 4.65 Å². The molecule has 0 aliphatic heterocycles. The number of hydrogen-bond acceptors (Lipinski definition) is 1. The van der Waals surface area contributed by atoms with Crippen molar-refractivity contribution < 1.29 is 4.65 Å². The van der Waals surface area contributed by atoms with Gasteiger partial charge in [0.05, 0.1) is 0 Å². The van der Waals surface area contributed by atoms with Crippen LogP contribution in [0.3, 0.4) is 0 Å². The Morgan fingerprint density at radius 1 is 1.33 bits per heavy atom. The van der Waals surface area contributed by atoms with Crippen LogP contribution in [0.1, 0.15) is 34.1 Å². The summed E-state index contributed by atoms with van der Waals surface area (Å²) in [7, 11) is 0. The third-order valence-electron chi connectivity index (χ3n) is 2.03. The summed E-state index contributed by atoms with van der Waals surface area (Å²) in [4.78, 5) is 0. The van der Waals surface area contributed by atoms with Crippen LogP contribution in [0.25, 0.3) is 0 Å². The zero-order valence-electron chi connectivity index (χ0n) is 8.89. The monoisotopic (exact) mass is 168 g/mol. The van der Waals surface area contributed by atoms with Crippen molar-refractivity contribution in [1.29, 1.82) is 0 Å². The second-order valence-corrected chi connectivity index (χ2v) is 3.81. The van der Waals surface area contributed by atoms with E-state index in [1.807, 2.05) is 6.08 Å². The molecular weight excluding hydrogens is 147 g/mol. The van der Waals surface area contributed by atoms with Crippen LogP contribution < -0.4 is 0 Å². The third kappa shape index (κ3) is 4.60. The fourth-order valence-electron chi connectivity index (χ4n) is 1.30. The molecule has 0 bridgehead atoms. The Labute approximate surface area is 77.3 Å². The van der Waals surface area contributed by atoms with E-state index in [2.05, 4.69) is 34.3 Å². The summed E-state index contributed by atoms with van der Waals surface area (Å²) in [5, 5.41) is 0. The molecule has 0 saturated heterocycles. The van der Waals surface area contributed by atoms with Gasteiger partial charge in [-0.05, 0) is 20.3 Å². The molecule has 0 radical (unpaired) electrons. The van der Waals surface area contributed by atoms with Crippen LogP contribution in [-0.4, -0.2) is 12.5 Å². The first-order chi connectivity index (χ1) is 5.55. The second kappa shape index (κ2) is 5.42. The van der Waals surface area contributed by atoms with Gasteiger partial charge in [0.2, 0.25) is 0 Å². The van der Waals surface area contributed by atoms with E-state index in [1.54, 1.807) is 0 Å². The molecule has 2 heteroatoms. The fourth-order valence-corrected chi connectivity index (χ4v) is 1.30. The first-order valence-corrected chi connectivity index (χ1v) is 4.84. The normalized spacial score (nSPS) is 11.3. The maximum absolute atomic E-state index is 5.91. The maximum atomic E-state index is 5.91.